The molecule has 0 aromatic carbocycles. The van der Waals surface area contributed by atoms with E-state index in [0.29, 0.717) is 5.43 Å². The summed E-state index contributed by atoms with van der Waals surface area (Å²) in [7, 11) is 0. The third-order valence-corrected chi connectivity index (χ3v) is 0.798. The molecule has 0 saturated carbocycles. The Morgan fingerprint density at radius 1 is 1.09 bits per heavy atom. The molecule has 2 nitrogen and oxygen atoms in total. The standard InChI is InChI=1S/C3H4F6N2/c4-1(2(5,6)7)3(8,9)11-10/h1,11H,10H2. The second-order valence-corrected chi connectivity index (χ2v) is 1.67. The summed E-state index contributed by atoms with van der Waals surface area (Å²) < 4.78 is 68.6. The van der Waals surface area contributed by atoms with Crippen molar-refractivity contribution >= 4 is 0 Å². The number of hydrogen-bond donors (Lipinski definition) is 2. The number of alkyl halides is 6. The van der Waals surface area contributed by atoms with Gasteiger partial charge in [0.15, 0.2) is 0 Å². The summed E-state index contributed by atoms with van der Waals surface area (Å²) in [5.74, 6) is 3.96. The van der Waals surface area contributed by atoms with Crippen molar-refractivity contribution in [1.82, 2.24) is 5.43 Å². The highest BCUT2D eigenvalue weighted by atomic mass is 19.4. The Balaban J connectivity index is 4.35. The van der Waals surface area contributed by atoms with Gasteiger partial charge in [-0.1, -0.05) is 0 Å². The lowest BCUT2D eigenvalue weighted by atomic mass is 10.3. The fraction of sp³-hybridized carbons (Fsp3) is 1.00. The van der Waals surface area contributed by atoms with Crippen LogP contribution < -0.4 is 11.3 Å². The number of halogens is 6. The molecular formula is C3H4F6N2. The summed E-state index contributed by atoms with van der Waals surface area (Å²) in [5.41, 5.74) is 0.419. The normalized spacial score (nSPS) is 16.6. The molecule has 0 aliphatic rings. The predicted octanol–water partition coefficient (Wildman–Crippen LogP) is 0.943. The highest BCUT2D eigenvalue weighted by molar-refractivity contribution is 4.78. The van der Waals surface area contributed by atoms with E-state index in [2.05, 4.69) is 5.84 Å². The van der Waals surface area contributed by atoms with Crippen molar-refractivity contribution in [3.8, 4) is 0 Å². The van der Waals surface area contributed by atoms with Crippen LogP contribution >= 0.6 is 0 Å². The summed E-state index contributed by atoms with van der Waals surface area (Å²) in [6, 6.07) is -4.78. The highest BCUT2D eigenvalue weighted by Crippen LogP contribution is 2.32. The van der Waals surface area contributed by atoms with Crippen LogP contribution in [0.4, 0.5) is 26.3 Å². The maximum Gasteiger partial charge on any atom is 0.427 e. The van der Waals surface area contributed by atoms with Crippen molar-refractivity contribution < 1.29 is 26.3 Å². The van der Waals surface area contributed by atoms with Gasteiger partial charge < -0.3 is 0 Å². The van der Waals surface area contributed by atoms with Crippen LogP contribution in [0.5, 0.6) is 0 Å². The lowest BCUT2D eigenvalue weighted by Crippen LogP contribution is -2.54. The highest BCUT2D eigenvalue weighted by Gasteiger charge is 2.56. The van der Waals surface area contributed by atoms with Gasteiger partial charge in [-0.3, -0.25) is 5.84 Å². The topological polar surface area (TPSA) is 38.0 Å². The van der Waals surface area contributed by atoms with Gasteiger partial charge in [0.1, 0.15) is 0 Å². The van der Waals surface area contributed by atoms with Gasteiger partial charge in [0.2, 0.25) is 0 Å². The van der Waals surface area contributed by atoms with E-state index in [1.807, 2.05) is 0 Å². The van der Waals surface area contributed by atoms with Gasteiger partial charge in [0, 0.05) is 0 Å². The Hall–Kier alpha value is -0.500. The molecule has 68 valence electrons. The van der Waals surface area contributed by atoms with Crippen molar-refractivity contribution in [1.29, 1.82) is 0 Å². The minimum atomic E-state index is -5.62. The molecule has 3 N–H and O–H groups in total. The van der Waals surface area contributed by atoms with Gasteiger partial charge in [-0.15, -0.1) is 0 Å². The molecule has 1 unspecified atom stereocenters. The summed E-state index contributed by atoms with van der Waals surface area (Å²) in [6.07, 6.45) is -9.91. The molecule has 0 amide bonds. The van der Waals surface area contributed by atoms with Gasteiger partial charge in [-0.05, 0) is 0 Å². The smallest absolute Gasteiger partial charge is 0.266 e. The second kappa shape index (κ2) is 2.86. The number of nitrogens with one attached hydrogen (secondary N) is 1. The summed E-state index contributed by atoms with van der Waals surface area (Å²) >= 11 is 0. The Labute approximate surface area is 57.3 Å². The largest absolute Gasteiger partial charge is 0.427 e. The minimum Gasteiger partial charge on any atom is -0.266 e. The Morgan fingerprint density at radius 3 is 1.55 bits per heavy atom. The van der Waals surface area contributed by atoms with Crippen molar-refractivity contribution in [3.05, 3.63) is 0 Å². The molecule has 0 fully saturated rings. The van der Waals surface area contributed by atoms with Gasteiger partial charge in [0.05, 0.1) is 0 Å². The van der Waals surface area contributed by atoms with Crippen LogP contribution in [0.2, 0.25) is 0 Å². The molecular weight excluding hydrogens is 178 g/mol. The second-order valence-electron chi connectivity index (χ2n) is 1.67. The first-order chi connectivity index (χ1) is 4.72. The number of hydrazine groups is 1. The van der Waals surface area contributed by atoms with Gasteiger partial charge in [-0.2, -0.15) is 27.4 Å². The first-order valence-corrected chi connectivity index (χ1v) is 2.28. The first kappa shape index (κ1) is 10.5. The fourth-order valence-corrected chi connectivity index (χ4v) is 0.279. The van der Waals surface area contributed by atoms with Crippen LogP contribution in [0.3, 0.4) is 0 Å². The maximum absolute atomic E-state index is 11.7. The Kier molecular flexibility index (Phi) is 2.73. The average Bonchev–Trinajstić information content (AvgIpc) is 1.84. The van der Waals surface area contributed by atoms with Crippen LogP contribution in [0, 0.1) is 0 Å². The Bertz CT molecular complexity index is 130. The number of hydrogen-bond acceptors (Lipinski definition) is 2. The van der Waals surface area contributed by atoms with E-state index in [4.69, 9.17) is 0 Å². The molecule has 0 radical (unpaired) electrons. The zero-order valence-electron chi connectivity index (χ0n) is 4.92. The van der Waals surface area contributed by atoms with Crippen molar-refractivity contribution in [2.24, 2.45) is 5.84 Å². The molecule has 8 heteroatoms. The Morgan fingerprint density at radius 2 is 1.45 bits per heavy atom. The third kappa shape index (κ3) is 2.54. The molecule has 0 heterocycles. The third-order valence-electron chi connectivity index (χ3n) is 0.798. The molecule has 0 aromatic heterocycles. The van der Waals surface area contributed by atoms with Crippen LogP contribution in [-0.2, 0) is 0 Å². The first-order valence-electron chi connectivity index (χ1n) is 2.28. The van der Waals surface area contributed by atoms with Gasteiger partial charge in [-0.25, -0.2) is 4.39 Å². The van der Waals surface area contributed by atoms with Crippen LogP contribution in [0.25, 0.3) is 0 Å². The summed E-state index contributed by atoms with van der Waals surface area (Å²) in [5, 5.41) is 0. The predicted molar refractivity (Wildman–Crippen MR) is 23.2 cm³/mol. The molecule has 0 saturated heterocycles. The van der Waals surface area contributed by atoms with E-state index in [1.165, 1.54) is 0 Å². The van der Waals surface area contributed by atoms with Crippen molar-refractivity contribution in [3.63, 3.8) is 0 Å². The molecule has 0 spiro atoms. The molecule has 0 aliphatic carbocycles. The van der Waals surface area contributed by atoms with E-state index in [1.54, 1.807) is 0 Å². The maximum atomic E-state index is 11.7. The number of nitrogens with two attached hydrogens (primary N) is 1. The number of rotatable bonds is 2. The van der Waals surface area contributed by atoms with Gasteiger partial charge >= 0.3 is 12.2 Å². The average molecular weight is 182 g/mol. The summed E-state index contributed by atoms with van der Waals surface area (Å²) in [4.78, 5) is 0. The monoisotopic (exact) mass is 182 g/mol. The molecule has 11 heavy (non-hydrogen) atoms. The van der Waals surface area contributed by atoms with E-state index in [-0.39, 0.29) is 0 Å². The quantitative estimate of drug-likeness (QED) is 0.288. The van der Waals surface area contributed by atoms with Crippen LogP contribution in [-0.4, -0.2) is 18.4 Å². The van der Waals surface area contributed by atoms with Gasteiger partial charge in [0.25, 0.3) is 6.17 Å². The van der Waals surface area contributed by atoms with E-state index < -0.39 is 18.4 Å². The lowest BCUT2D eigenvalue weighted by molar-refractivity contribution is -0.253. The van der Waals surface area contributed by atoms with Crippen LogP contribution in [0.15, 0.2) is 0 Å². The van der Waals surface area contributed by atoms with Crippen molar-refractivity contribution in [2.45, 2.75) is 18.4 Å². The van der Waals surface area contributed by atoms with Crippen LogP contribution in [0.1, 0.15) is 0 Å². The van der Waals surface area contributed by atoms with E-state index in [9.17, 15) is 26.3 Å². The molecule has 0 aliphatic heterocycles. The van der Waals surface area contributed by atoms with E-state index >= 15 is 0 Å². The zero-order valence-corrected chi connectivity index (χ0v) is 4.92. The molecule has 1 atom stereocenters. The van der Waals surface area contributed by atoms with E-state index in [0.717, 1.165) is 0 Å². The van der Waals surface area contributed by atoms with Crippen molar-refractivity contribution in [2.75, 3.05) is 0 Å². The zero-order chi connectivity index (χ0) is 9.28. The minimum absolute atomic E-state index is 0.419. The molecule has 0 bridgehead atoms. The lowest BCUT2D eigenvalue weighted by Gasteiger charge is -2.20. The SMILES string of the molecule is NNC(F)(F)C(F)C(F)(F)F. The fourth-order valence-electron chi connectivity index (χ4n) is 0.279. The molecule has 0 rings (SSSR count). The summed E-state index contributed by atoms with van der Waals surface area (Å²) in [6.45, 7) is 0. The molecule has 0 aromatic rings.